The number of hydrogen-bond donors (Lipinski definition) is 1. The van der Waals surface area contributed by atoms with Crippen LogP contribution >= 0.6 is 0 Å². The summed E-state index contributed by atoms with van der Waals surface area (Å²) in [5.41, 5.74) is 5.47. The second-order valence-corrected chi connectivity index (χ2v) is 7.14. The van der Waals surface area contributed by atoms with Crippen molar-refractivity contribution >= 4 is 25.0 Å². The summed E-state index contributed by atoms with van der Waals surface area (Å²) in [7, 11) is 0. The summed E-state index contributed by atoms with van der Waals surface area (Å²) in [6, 6.07) is 10.3. The molecule has 1 N–H and O–H groups in total. The molecule has 0 bridgehead atoms. The van der Waals surface area contributed by atoms with Crippen molar-refractivity contribution in [3.8, 4) is 16.9 Å². The van der Waals surface area contributed by atoms with E-state index in [0.29, 0.717) is 30.0 Å². The second-order valence-electron chi connectivity index (χ2n) is 7.14. The second kappa shape index (κ2) is 8.87. The number of carbonyl (C=O) groups is 1. The number of benzene rings is 2. The summed E-state index contributed by atoms with van der Waals surface area (Å²) < 4.78 is 20.0. The number of fused-ring (bicyclic) bond motifs is 1. The summed E-state index contributed by atoms with van der Waals surface area (Å²) >= 11 is 0. The molecule has 0 spiro atoms. The van der Waals surface area contributed by atoms with Crippen LogP contribution in [0.3, 0.4) is 0 Å². The highest BCUT2D eigenvalue weighted by atomic mass is 19.1. The van der Waals surface area contributed by atoms with E-state index in [2.05, 4.69) is 27.2 Å². The van der Waals surface area contributed by atoms with Crippen LogP contribution in [0.15, 0.2) is 52.8 Å². The topological polar surface area (TPSA) is 75.9 Å². The minimum atomic E-state index is -0.265. The first kappa shape index (κ1) is 20.4. The largest absolute Gasteiger partial charge is 0.493 e. The maximum atomic E-state index is 14.5. The average Bonchev–Trinajstić information content (AvgIpc) is 3.27. The van der Waals surface area contributed by atoms with Crippen LogP contribution < -0.4 is 10.1 Å². The number of rotatable bonds is 7. The van der Waals surface area contributed by atoms with Gasteiger partial charge in [0.1, 0.15) is 23.7 Å². The smallest absolute Gasteiger partial charge is 0.150 e. The lowest BCUT2D eigenvalue weighted by molar-refractivity contribution is 0.112. The van der Waals surface area contributed by atoms with E-state index in [1.54, 1.807) is 30.6 Å². The summed E-state index contributed by atoms with van der Waals surface area (Å²) in [5, 5.41) is 10.8. The number of pyridine rings is 1. The number of halogens is 1. The first-order valence-corrected chi connectivity index (χ1v) is 9.83. The van der Waals surface area contributed by atoms with E-state index in [1.807, 2.05) is 19.1 Å². The Balaban J connectivity index is 1.68. The molecule has 4 rings (SSSR count). The molecule has 2 heterocycles. The molecule has 0 fully saturated rings. The molecule has 0 amide bonds. The average molecular weight is 416 g/mol. The minimum Gasteiger partial charge on any atom is -0.493 e. The highest BCUT2D eigenvalue weighted by molar-refractivity contribution is 5.93. The molecule has 1 aliphatic rings. The predicted molar refractivity (Wildman–Crippen MR) is 120 cm³/mol. The first-order valence-electron chi connectivity index (χ1n) is 9.83. The SMILES string of the molecule is C=N/N=C\c1c(-c2ccc(C=O)cc2)cnc(NCc2c(F)ccc3c2CCO3)c1C. The highest BCUT2D eigenvalue weighted by Gasteiger charge is 2.20. The van der Waals surface area contributed by atoms with Gasteiger partial charge in [-0.15, -0.1) is 0 Å². The van der Waals surface area contributed by atoms with Crippen LogP contribution in [0.5, 0.6) is 5.75 Å². The fraction of sp³-hybridized carbons (Fsp3) is 0.167. The highest BCUT2D eigenvalue weighted by Crippen LogP contribution is 2.32. The van der Waals surface area contributed by atoms with E-state index >= 15 is 0 Å². The Kier molecular flexibility index (Phi) is 5.84. The molecule has 7 heteroatoms. The van der Waals surface area contributed by atoms with Gasteiger partial charge in [0.15, 0.2) is 0 Å². The zero-order valence-electron chi connectivity index (χ0n) is 17.1. The predicted octanol–water partition coefficient (Wildman–Crippen LogP) is 4.59. The lowest BCUT2D eigenvalue weighted by Gasteiger charge is -2.16. The molecular formula is C24H21FN4O2. The van der Waals surface area contributed by atoms with E-state index < -0.39 is 0 Å². The lowest BCUT2D eigenvalue weighted by atomic mass is 9.98. The van der Waals surface area contributed by atoms with Gasteiger partial charge in [0, 0.05) is 59.3 Å². The number of hydrogen-bond acceptors (Lipinski definition) is 6. The molecule has 156 valence electrons. The molecule has 0 aliphatic carbocycles. The van der Waals surface area contributed by atoms with E-state index in [9.17, 15) is 9.18 Å². The molecule has 1 aliphatic heterocycles. The molecule has 3 aromatic rings. The fourth-order valence-corrected chi connectivity index (χ4v) is 3.72. The summed E-state index contributed by atoms with van der Waals surface area (Å²) in [6.45, 7) is 6.17. The number of aldehydes is 1. The van der Waals surface area contributed by atoms with Gasteiger partial charge < -0.3 is 10.1 Å². The van der Waals surface area contributed by atoms with Crippen molar-refractivity contribution in [1.82, 2.24) is 4.98 Å². The summed E-state index contributed by atoms with van der Waals surface area (Å²) in [4.78, 5) is 15.5. The summed E-state index contributed by atoms with van der Waals surface area (Å²) in [5.74, 6) is 1.09. The van der Waals surface area contributed by atoms with Crippen molar-refractivity contribution in [2.45, 2.75) is 19.9 Å². The molecule has 31 heavy (non-hydrogen) atoms. The minimum absolute atomic E-state index is 0.265. The Hall–Kier alpha value is -3.87. The van der Waals surface area contributed by atoms with Crippen LogP contribution in [0.4, 0.5) is 10.2 Å². The van der Waals surface area contributed by atoms with Gasteiger partial charge in [0.2, 0.25) is 0 Å². The zero-order chi connectivity index (χ0) is 21.8. The zero-order valence-corrected chi connectivity index (χ0v) is 17.1. The van der Waals surface area contributed by atoms with Crippen molar-refractivity contribution < 1.29 is 13.9 Å². The number of ether oxygens (including phenoxy) is 1. The van der Waals surface area contributed by atoms with Crippen LogP contribution in [-0.4, -0.2) is 30.8 Å². The molecule has 2 aromatic carbocycles. The third-order valence-corrected chi connectivity index (χ3v) is 5.37. The van der Waals surface area contributed by atoms with Crippen molar-refractivity contribution in [3.63, 3.8) is 0 Å². The van der Waals surface area contributed by atoms with E-state index in [0.717, 1.165) is 39.9 Å². The standard InChI is InChI=1S/C24H21FN4O2/c1-15-19(13-29-26-2)20(17-5-3-16(14-30)4-6-17)11-27-24(15)28-12-21-18-9-10-31-23(18)8-7-22(21)25/h3-8,11,13-14H,2,9-10,12H2,1H3,(H,27,28)/b29-13-. The summed E-state index contributed by atoms with van der Waals surface area (Å²) in [6.07, 6.45) is 4.83. The quantitative estimate of drug-likeness (QED) is 0.347. The van der Waals surface area contributed by atoms with E-state index in [-0.39, 0.29) is 12.4 Å². The number of nitrogens with zero attached hydrogens (tertiary/aromatic N) is 3. The monoisotopic (exact) mass is 416 g/mol. The molecule has 0 atom stereocenters. The number of aromatic nitrogens is 1. The van der Waals surface area contributed by atoms with Crippen molar-refractivity contribution in [2.24, 2.45) is 10.2 Å². The molecule has 0 unspecified atom stereocenters. The van der Waals surface area contributed by atoms with Crippen LogP contribution in [0.1, 0.15) is 32.6 Å². The Bertz CT molecular complexity index is 1170. The van der Waals surface area contributed by atoms with Crippen molar-refractivity contribution in [2.75, 3.05) is 11.9 Å². The number of nitrogens with one attached hydrogen (secondary N) is 1. The van der Waals surface area contributed by atoms with Gasteiger partial charge in [-0.3, -0.25) is 4.79 Å². The van der Waals surface area contributed by atoms with Crippen LogP contribution in [0.2, 0.25) is 0 Å². The van der Waals surface area contributed by atoms with Crippen LogP contribution in [-0.2, 0) is 13.0 Å². The van der Waals surface area contributed by atoms with Crippen LogP contribution in [0.25, 0.3) is 11.1 Å². The Morgan fingerprint density at radius 1 is 1.26 bits per heavy atom. The van der Waals surface area contributed by atoms with Gasteiger partial charge in [-0.25, -0.2) is 9.37 Å². The number of carbonyl (C=O) groups excluding carboxylic acids is 1. The van der Waals surface area contributed by atoms with Gasteiger partial charge in [0.25, 0.3) is 0 Å². The van der Waals surface area contributed by atoms with Gasteiger partial charge in [-0.05, 0) is 24.6 Å². The molecule has 0 radical (unpaired) electrons. The van der Waals surface area contributed by atoms with Crippen molar-refractivity contribution in [1.29, 1.82) is 0 Å². The molecule has 0 saturated carbocycles. The lowest BCUT2D eigenvalue weighted by Crippen LogP contribution is -2.09. The van der Waals surface area contributed by atoms with Crippen molar-refractivity contribution in [3.05, 3.63) is 76.2 Å². The van der Waals surface area contributed by atoms with Gasteiger partial charge in [-0.1, -0.05) is 24.3 Å². The first-order chi connectivity index (χ1) is 15.1. The molecule has 1 aromatic heterocycles. The van der Waals surface area contributed by atoms with Gasteiger partial charge in [-0.2, -0.15) is 10.2 Å². The third kappa shape index (κ3) is 4.07. The maximum Gasteiger partial charge on any atom is 0.150 e. The van der Waals surface area contributed by atoms with E-state index in [1.165, 1.54) is 6.07 Å². The Morgan fingerprint density at radius 3 is 2.81 bits per heavy atom. The normalized spacial score (nSPS) is 12.5. The maximum absolute atomic E-state index is 14.5. The van der Waals surface area contributed by atoms with Crippen LogP contribution in [0, 0.1) is 12.7 Å². The fourth-order valence-electron chi connectivity index (χ4n) is 3.72. The van der Waals surface area contributed by atoms with Gasteiger partial charge >= 0.3 is 0 Å². The molecule has 6 nitrogen and oxygen atoms in total. The Morgan fingerprint density at radius 2 is 2.06 bits per heavy atom. The molecule has 0 saturated heterocycles. The van der Waals surface area contributed by atoms with Gasteiger partial charge in [0.05, 0.1) is 12.8 Å². The third-order valence-electron chi connectivity index (χ3n) is 5.37. The van der Waals surface area contributed by atoms with E-state index in [4.69, 9.17) is 4.74 Å². The molecular weight excluding hydrogens is 395 g/mol. The Labute approximate surface area is 179 Å². The number of anilines is 1.